The SMILES string of the molecule is CC(C)(C)OC(=O)COCC1(F)CCN(c2cncc(N(c3ccccc3)c3ccc(OC(F)(F)F)cc3)n2)CC1.FC(F)(F)Oc1ccc(Nc2ccccc2)cc1.II.O=C(O)COCC1(F)CCN(c2cncc(N(c3ccccc3)c3ccc(OC(F)(F)F)cc3)n2)CC1. The van der Waals surface area contributed by atoms with Crippen molar-refractivity contribution in [3.8, 4) is 17.2 Å². The van der Waals surface area contributed by atoms with E-state index >= 15 is 8.78 Å². The van der Waals surface area contributed by atoms with Gasteiger partial charge in [-0.2, -0.15) is 0 Å². The van der Waals surface area contributed by atoms with E-state index in [1.54, 1.807) is 49.2 Å². The summed E-state index contributed by atoms with van der Waals surface area (Å²) in [7, 11) is 0. The maximum absolute atomic E-state index is 15.4. The zero-order valence-electron chi connectivity index (χ0n) is 52.6. The summed E-state index contributed by atoms with van der Waals surface area (Å²) < 4.78 is 169. The van der Waals surface area contributed by atoms with E-state index in [1.807, 2.05) is 101 Å². The zero-order chi connectivity index (χ0) is 71.2. The number of carboxylic acid groups (broad SMARTS) is 1. The average molecular weight is 1600 g/mol. The number of nitrogens with zero attached hydrogens (tertiary/aromatic N) is 8. The van der Waals surface area contributed by atoms with E-state index in [4.69, 9.17) is 29.3 Å². The number of aliphatic carboxylic acids is 1. The smallest absolute Gasteiger partial charge is 0.480 e. The molecule has 0 saturated carbocycles. The van der Waals surface area contributed by atoms with Crippen LogP contribution in [0.3, 0.4) is 0 Å². The fourth-order valence-corrected chi connectivity index (χ4v) is 9.79. The molecule has 2 aliphatic heterocycles. The van der Waals surface area contributed by atoms with Gasteiger partial charge in [-0.15, -0.1) is 39.5 Å². The minimum Gasteiger partial charge on any atom is -0.480 e. The van der Waals surface area contributed by atoms with Gasteiger partial charge in [0.25, 0.3) is 0 Å². The largest absolute Gasteiger partial charge is 0.573 e. The van der Waals surface area contributed by atoms with E-state index < -0.39 is 54.6 Å². The molecule has 2 aromatic heterocycles. The maximum Gasteiger partial charge on any atom is 0.573 e. The van der Waals surface area contributed by atoms with Crippen molar-refractivity contribution in [2.75, 3.05) is 77.5 Å². The topological polar surface area (TPSA) is 186 Å². The fourth-order valence-electron chi connectivity index (χ4n) is 9.79. The number of carboxylic acids is 1. The van der Waals surface area contributed by atoms with Crippen molar-refractivity contribution in [1.29, 1.82) is 0 Å². The number of aromatic nitrogens is 4. The van der Waals surface area contributed by atoms with Gasteiger partial charge in [0.1, 0.15) is 59.0 Å². The molecule has 4 heterocycles. The number of ether oxygens (including phenoxy) is 6. The van der Waals surface area contributed by atoms with Crippen LogP contribution in [0.4, 0.5) is 106 Å². The zero-order valence-corrected chi connectivity index (χ0v) is 56.9. The molecular weight excluding hydrogens is 1540 g/mol. The monoisotopic (exact) mass is 1600 g/mol. The van der Waals surface area contributed by atoms with Crippen LogP contribution in [-0.2, 0) is 23.8 Å². The number of nitrogens with one attached hydrogen (secondary N) is 1. The van der Waals surface area contributed by atoms with Crippen molar-refractivity contribution < 1.29 is 91.4 Å². The number of rotatable bonds is 21. The summed E-state index contributed by atoms with van der Waals surface area (Å²) >= 11 is 4.24. The highest BCUT2D eigenvalue weighted by atomic mass is 128. The van der Waals surface area contributed by atoms with E-state index in [-0.39, 0.29) is 62.8 Å². The summed E-state index contributed by atoms with van der Waals surface area (Å²) in [6.45, 7) is 5.18. The Kier molecular flexibility index (Phi) is 27.6. The Balaban J connectivity index is 0.000000218. The van der Waals surface area contributed by atoms with Gasteiger partial charge in [0.05, 0.1) is 38.0 Å². The molecule has 2 fully saturated rings. The van der Waals surface area contributed by atoms with Crippen LogP contribution in [0.5, 0.6) is 17.2 Å². The first-order chi connectivity index (χ1) is 46.4. The second kappa shape index (κ2) is 35.3. The normalized spacial score (nSPS) is 14.3. The van der Waals surface area contributed by atoms with E-state index in [0.717, 1.165) is 5.69 Å². The maximum atomic E-state index is 15.4. The van der Waals surface area contributed by atoms with Gasteiger partial charge in [-0.3, -0.25) is 19.8 Å². The Morgan fingerprint density at radius 2 is 0.816 bits per heavy atom. The van der Waals surface area contributed by atoms with Crippen molar-refractivity contribution in [2.24, 2.45) is 0 Å². The Morgan fingerprint density at radius 1 is 0.490 bits per heavy atom. The summed E-state index contributed by atoms with van der Waals surface area (Å²) in [5.41, 5.74) is 0.174. The predicted octanol–water partition coefficient (Wildman–Crippen LogP) is 17.9. The molecule has 2 N–H and O–H groups in total. The molecule has 8 aromatic rings. The first-order valence-corrected chi connectivity index (χ1v) is 36.1. The molecule has 2 saturated heterocycles. The van der Waals surface area contributed by atoms with Crippen LogP contribution in [0.2, 0.25) is 0 Å². The minimum absolute atomic E-state index is 0.127. The fraction of sp³-hybridized carbons (Fsp3) is 0.313. The summed E-state index contributed by atoms with van der Waals surface area (Å²) in [5, 5.41) is 11.7. The number of anilines is 10. The lowest BCUT2D eigenvalue weighted by Crippen LogP contribution is -2.45. The summed E-state index contributed by atoms with van der Waals surface area (Å²) in [6, 6.07) is 44.1. The second-order valence-electron chi connectivity index (χ2n) is 22.7. The lowest BCUT2D eigenvalue weighted by molar-refractivity contribution is -0.275. The number of halogens is 13. The van der Waals surface area contributed by atoms with Crippen LogP contribution in [0.15, 0.2) is 189 Å². The molecule has 2 aliphatic rings. The van der Waals surface area contributed by atoms with Crippen LogP contribution in [0.1, 0.15) is 46.5 Å². The molecule has 98 heavy (non-hydrogen) atoms. The molecule has 0 amide bonds. The molecule has 0 bridgehead atoms. The standard InChI is InChI=1S/C29H32F4N4O4.C25H24F4N4O4.C13H10F3NO.I2/c1-27(2,3)41-26(38)19-39-20-28(30)13-15-36(16-14-28)24-17-34-18-25(35-24)37(21-7-5-4-6-8-21)22-9-11-23(12-10-22)40-29(31,32)33;26-24(17-36-16-23(34)35)10-12-32(13-11-24)21-14-30-15-22(31-21)33(18-4-2-1-3-5-18)19-6-8-20(9-7-19)37-25(27,28)29;14-13(15,16)18-12-8-6-11(7-9-12)17-10-4-2-1-3-5-10;1-2/h4-12,17-18H,13-16,19-20H2,1-3H3;1-9,14-15H,10-13,16-17H2,(H,34,35);1-9,17H;. The molecular formula is C67H66F11I2N9O9. The molecule has 18 nitrogen and oxygen atoms in total. The number of benzene rings is 6. The molecule has 31 heteroatoms. The van der Waals surface area contributed by atoms with Crippen LogP contribution in [-0.4, -0.2) is 126 Å². The van der Waals surface area contributed by atoms with E-state index in [1.165, 1.54) is 79.0 Å². The van der Waals surface area contributed by atoms with Crippen LogP contribution in [0.25, 0.3) is 0 Å². The predicted molar refractivity (Wildman–Crippen MR) is 363 cm³/mol. The molecule has 6 aromatic carbocycles. The van der Waals surface area contributed by atoms with Crippen molar-refractivity contribution in [2.45, 2.75) is 82.5 Å². The number of hydrogen-bond acceptors (Lipinski definition) is 17. The van der Waals surface area contributed by atoms with Crippen LogP contribution in [0, 0.1) is 0 Å². The Hall–Kier alpha value is -8.57. The number of hydrogen-bond donors (Lipinski definition) is 2. The van der Waals surface area contributed by atoms with Gasteiger partial charge < -0.3 is 48.6 Å². The lowest BCUT2D eigenvalue weighted by atomic mass is 9.94. The second-order valence-corrected chi connectivity index (χ2v) is 22.7. The van der Waals surface area contributed by atoms with Gasteiger partial charge in [0.15, 0.2) is 11.6 Å². The van der Waals surface area contributed by atoms with Gasteiger partial charge in [-0.05, 0) is 130 Å². The van der Waals surface area contributed by atoms with Crippen molar-refractivity contribution in [1.82, 2.24) is 19.9 Å². The van der Waals surface area contributed by atoms with Crippen LogP contribution < -0.4 is 39.1 Å². The highest BCUT2D eigenvalue weighted by molar-refractivity contribution is 15.0. The van der Waals surface area contributed by atoms with Gasteiger partial charge >= 0.3 is 31.0 Å². The van der Waals surface area contributed by atoms with Crippen molar-refractivity contribution in [3.05, 3.63) is 189 Å². The first-order valence-electron chi connectivity index (χ1n) is 29.8. The summed E-state index contributed by atoms with van der Waals surface area (Å²) in [6.07, 6.45) is -7.46. The molecule has 0 atom stereocenters. The first kappa shape index (κ1) is 76.8. The Bertz CT molecular complexity index is 3730. The quantitative estimate of drug-likeness (QED) is 0.0393. The number of alkyl halides is 11. The van der Waals surface area contributed by atoms with E-state index in [2.05, 4.69) is 66.7 Å². The lowest BCUT2D eigenvalue weighted by Gasteiger charge is -2.37. The van der Waals surface area contributed by atoms with Crippen molar-refractivity contribution in [3.63, 3.8) is 0 Å². The third-order valence-corrected chi connectivity index (χ3v) is 14.1. The molecule has 10 rings (SSSR count). The highest BCUT2D eigenvalue weighted by Crippen LogP contribution is 2.39. The third kappa shape index (κ3) is 25.7. The molecule has 0 radical (unpaired) electrons. The van der Waals surface area contributed by atoms with Crippen LogP contribution >= 0.6 is 37.2 Å². The van der Waals surface area contributed by atoms with Gasteiger partial charge in [0.2, 0.25) is 0 Å². The molecule has 524 valence electrons. The third-order valence-electron chi connectivity index (χ3n) is 14.1. The highest BCUT2D eigenvalue weighted by Gasteiger charge is 2.38. The van der Waals surface area contributed by atoms with Gasteiger partial charge in [-0.25, -0.2) is 28.3 Å². The molecule has 0 spiro atoms. The number of piperidine rings is 2. The van der Waals surface area contributed by atoms with Gasteiger partial charge in [0, 0.05) is 123 Å². The summed E-state index contributed by atoms with van der Waals surface area (Å²) in [4.78, 5) is 47.9. The Labute approximate surface area is 580 Å². The molecule has 0 aliphatic carbocycles. The number of para-hydroxylation sites is 3. The Morgan fingerprint density at radius 3 is 1.16 bits per heavy atom. The summed E-state index contributed by atoms with van der Waals surface area (Å²) in [5.74, 6) is -0.755. The minimum atomic E-state index is -4.80. The number of carbonyl (C=O) groups is 2. The number of carbonyl (C=O) groups excluding carboxylic acids is 1. The molecule has 0 unspecified atom stereocenters. The van der Waals surface area contributed by atoms with Crippen molar-refractivity contribution >= 4 is 107 Å². The van der Waals surface area contributed by atoms with E-state index in [9.17, 15) is 49.1 Å². The number of esters is 1. The van der Waals surface area contributed by atoms with E-state index in [0.29, 0.717) is 77.9 Å². The average Bonchev–Trinajstić information content (AvgIpc) is 0.805. The van der Waals surface area contributed by atoms with Gasteiger partial charge in [-0.1, -0.05) is 54.6 Å².